The molecule has 0 unspecified atom stereocenters. The summed E-state index contributed by atoms with van der Waals surface area (Å²) in [5, 5.41) is 14.8. The summed E-state index contributed by atoms with van der Waals surface area (Å²) in [4.78, 5) is 25.2. The van der Waals surface area contributed by atoms with Crippen LogP contribution in [0.15, 0.2) is 30.5 Å². The van der Waals surface area contributed by atoms with Crippen LogP contribution in [-0.2, 0) is 13.6 Å². The van der Waals surface area contributed by atoms with Crippen molar-refractivity contribution >= 4 is 29.1 Å². The Morgan fingerprint density at radius 3 is 2.63 bits per heavy atom. The number of aromatic nitrogens is 4. The number of amides is 2. The number of carbonyl (C=O) groups is 2. The number of carbonyl (C=O) groups excluding carboxylic acids is 2. The van der Waals surface area contributed by atoms with Crippen molar-refractivity contribution in [1.82, 2.24) is 24.9 Å². The Hall–Kier alpha value is -3.13. The van der Waals surface area contributed by atoms with Crippen molar-refractivity contribution in [3.63, 3.8) is 0 Å². The molecule has 9 heteroatoms. The minimum Gasteiger partial charge on any atom is -0.351 e. The second kappa shape index (κ2) is 9.13. The molecule has 0 fully saturated rings. The first-order chi connectivity index (χ1) is 14.3. The molecule has 8 nitrogen and oxygen atoms in total. The SMILES string of the molecule is CCCNC(=O)c1c(NC(=O)c2cccc(Cn3nc(C)c(Cl)c3C)c2)cnn1C. The third kappa shape index (κ3) is 4.54. The molecule has 3 rings (SSSR count). The van der Waals surface area contributed by atoms with Gasteiger partial charge >= 0.3 is 0 Å². The second-order valence-electron chi connectivity index (χ2n) is 7.08. The van der Waals surface area contributed by atoms with E-state index in [1.807, 2.05) is 37.6 Å². The van der Waals surface area contributed by atoms with E-state index in [0.29, 0.717) is 35.1 Å². The highest BCUT2D eigenvalue weighted by Crippen LogP contribution is 2.21. The molecule has 0 bridgehead atoms. The highest BCUT2D eigenvalue weighted by Gasteiger charge is 2.19. The Morgan fingerprint density at radius 1 is 1.20 bits per heavy atom. The zero-order valence-electron chi connectivity index (χ0n) is 17.5. The molecule has 2 N–H and O–H groups in total. The fourth-order valence-corrected chi connectivity index (χ4v) is 3.26. The minimum atomic E-state index is -0.319. The fourth-order valence-electron chi connectivity index (χ4n) is 3.13. The predicted octanol–water partition coefficient (Wildman–Crippen LogP) is 3.33. The van der Waals surface area contributed by atoms with E-state index in [1.165, 1.54) is 10.9 Å². The maximum atomic E-state index is 12.8. The summed E-state index contributed by atoms with van der Waals surface area (Å²) in [6, 6.07) is 7.26. The van der Waals surface area contributed by atoms with Crippen LogP contribution in [0, 0.1) is 13.8 Å². The van der Waals surface area contributed by atoms with Gasteiger partial charge in [-0.3, -0.25) is 19.0 Å². The van der Waals surface area contributed by atoms with Crippen LogP contribution in [-0.4, -0.2) is 37.9 Å². The van der Waals surface area contributed by atoms with Crippen LogP contribution in [0.4, 0.5) is 5.69 Å². The molecule has 0 saturated carbocycles. The van der Waals surface area contributed by atoms with Crippen molar-refractivity contribution in [2.75, 3.05) is 11.9 Å². The zero-order valence-corrected chi connectivity index (χ0v) is 18.2. The molecule has 1 aromatic carbocycles. The van der Waals surface area contributed by atoms with Gasteiger partial charge in [0, 0.05) is 19.2 Å². The number of halogens is 1. The van der Waals surface area contributed by atoms with Crippen molar-refractivity contribution in [1.29, 1.82) is 0 Å². The maximum Gasteiger partial charge on any atom is 0.271 e. The molecule has 0 radical (unpaired) electrons. The van der Waals surface area contributed by atoms with Crippen molar-refractivity contribution < 1.29 is 9.59 Å². The number of nitrogens with one attached hydrogen (secondary N) is 2. The number of benzene rings is 1. The molecule has 158 valence electrons. The van der Waals surface area contributed by atoms with E-state index in [0.717, 1.165) is 23.4 Å². The zero-order chi connectivity index (χ0) is 21.8. The largest absolute Gasteiger partial charge is 0.351 e. The fraction of sp³-hybridized carbons (Fsp3) is 0.333. The highest BCUT2D eigenvalue weighted by atomic mass is 35.5. The van der Waals surface area contributed by atoms with Crippen LogP contribution >= 0.6 is 11.6 Å². The Labute approximate surface area is 180 Å². The molecule has 0 atom stereocenters. The monoisotopic (exact) mass is 428 g/mol. The van der Waals surface area contributed by atoms with E-state index in [1.54, 1.807) is 19.2 Å². The van der Waals surface area contributed by atoms with Crippen LogP contribution in [0.2, 0.25) is 5.02 Å². The Balaban J connectivity index is 1.78. The van der Waals surface area contributed by atoms with Crippen LogP contribution in [0.3, 0.4) is 0 Å². The number of nitrogens with zero attached hydrogens (tertiary/aromatic N) is 4. The van der Waals surface area contributed by atoms with Gasteiger partial charge in [0.1, 0.15) is 5.69 Å². The van der Waals surface area contributed by atoms with Crippen molar-refractivity contribution in [2.24, 2.45) is 7.05 Å². The smallest absolute Gasteiger partial charge is 0.271 e. The first-order valence-corrected chi connectivity index (χ1v) is 10.1. The normalized spacial score (nSPS) is 10.8. The molecule has 2 amide bonds. The summed E-state index contributed by atoms with van der Waals surface area (Å²) in [6.07, 6.45) is 2.29. The molecule has 0 aliphatic rings. The van der Waals surface area contributed by atoms with Gasteiger partial charge in [-0.2, -0.15) is 10.2 Å². The first kappa shape index (κ1) is 21.6. The van der Waals surface area contributed by atoms with Gasteiger partial charge in [0.05, 0.1) is 34.8 Å². The quantitative estimate of drug-likeness (QED) is 0.603. The van der Waals surface area contributed by atoms with Crippen LogP contribution in [0.5, 0.6) is 0 Å². The van der Waals surface area contributed by atoms with E-state index in [-0.39, 0.29) is 11.8 Å². The molecule has 0 saturated heterocycles. The first-order valence-electron chi connectivity index (χ1n) is 9.71. The van der Waals surface area contributed by atoms with Crippen LogP contribution in [0.25, 0.3) is 0 Å². The van der Waals surface area contributed by atoms with Gasteiger partial charge in [-0.1, -0.05) is 30.7 Å². The minimum absolute atomic E-state index is 0.276. The van der Waals surface area contributed by atoms with Crippen molar-refractivity contribution in [2.45, 2.75) is 33.7 Å². The summed E-state index contributed by atoms with van der Waals surface area (Å²) in [6.45, 7) is 6.79. The molecule has 2 aromatic heterocycles. The average molecular weight is 429 g/mol. The lowest BCUT2D eigenvalue weighted by molar-refractivity contribution is 0.0945. The summed E-state index contributed by atoms with van der Waals surface area (Å²) < 4.78 is 3.26. The Kier molecular flexibility index (Phi) is 6.56. The average Bonchev–Trinajstić information content (AvgIpc) is 3.20. The summed E-state index contributed by atoms with van der Waals surface area (Å²) in [7, 11) is 1.66. The number of hydrogen-bond acceptors (Lipinski definition) is 4. The lowest BCUT2D eigenvalue weighted by Gasteiger charge is -2.10. The highest BCUT2D eigenvalue weighted by molar-refractivity contribution is 6.31. The standard InChI is InChI=1S/C21H25ClN6O2/c1-5-9-23-21(30)19-17(11-24-27(19)4)25-20(29)16-8-6-7-15(10-16)12-28-14(3)18(22)13(2)26-28/h6-8,10-11H,5,9,12H2,1-4H3,(H,23,30)(H,25,29). The molecule has 2 heterocycles. The number of rotatable bonds is 7. The summed E-state index contributed by atoms with van der Waals surface area (Å²) in [5.41, 5.74) is 3.72. The number of aryl methyl sites for hydroxylation is 2. The van der Waals surface area contributed by atoms with Gasteiger partial charge in [0.2, 0.25) is 0 Å². The van der Waals surface area contributed by atoms with E-state index in [2.05, 4.69) is 20.8 Å². The van der Waals surface area contributed by atoms with Gasteiger partial charge in [0.25, 0.3) is 11.8 Å². The molecule has 0 aliphatic heterocycles. The van der Waals surface area contributed by atoms with E-state index in [4.69, 9.17) is 11.6 Å². The van der Waals surface area contributed by atoms with E-state index >= 15 is 0 Å². The van der Waals surface area contributed by atoms with Crippen molar-refractivity contribution in [3.05, 3.63) is 63.7 Å². The molecular weight excluding hydrogens is 404 g/mol. The lowest BCUT2D eigenvalue weighted by atomic mass is 10.1. The van der Waals surface area contributed by atoms with Crippen LogP contribution < -0.4 is 10.6 Å². The number of anilines is 1. The van der Waals surface area contributed by atoms with E-state index in [9.17, 15) is 9.59 Å². The lowest BCUT2D eigenvalue weighted by Crippen LogP contribution is -2.27. The predicted molar refractivity (Wildman–Crippen MR) is 116 cm³/mol. The van der Waals surface area contributed by atoms with Gasteiger partial charge in [0.15, 0.2) is 0 Å². The van der Waals surface area contributed by atoms with E-state index < -0.39 is 0 Å². The van der Waals surface area contributed by atoms with Gasteiger partial charge in [-0.05, 0) is 38.0 Å². The molecule has 0 aliphatic carbocycles. The van der Waals surface area contributed by atoms with Gasteiger partial charge in [-0.25, -0.2) is 0 Å². The molecular formula is C21H25ClN6O2. The van der Waals surface area contributed by atoms with Crippen LogP contribution in [0.1, 0.15) is 51.1 Å². The van der Waals surface area contributed by atoms with Gasteiger partial charge in [-0.15, -0.1) is 0 Å². The second-order valence-corrected chi connectivity index (χ2v) is 7.46. The summed E-state index contributed by atoms with van der Waals surface area (Å²) >= 11 is 6.22. The third-order valence-corrected chi connectivity index (χ3v) is 5.30. The molecule has 3 aromatic rings. The summed E-state index contributed by atoms with van der Waals surface area (Å²) in [5.74, 6) is -0.594. The van der Waals surface area contributed by atoms with Gasteiger partial charge < -0.3 is 10.6 Å². The number of hydrogen-bond donors (Lipinski definition) is 2. The Morgan fingerprint density at radius 2 is 1.97 bits per heavy atom. The van der Waals surface area contributed by atoms with Crippen molar-refractivity contribution in [3.8, 4) is 0 Å². The topological polar surface area (TPSA) is 93.8 Å². The third-order valence-electron chi connectivity index (χ3n) is 4.75. The Bertz CT molecular complexity index is 1090. The molecule has 0 spiro atoms. The maximum absolute atomic E-state index is 12.8. The molecule has 30 heavy (non-hydrogen) atoms.